The number of aliphatic hydroxyl groups excluding tert-OH is 1. The molecule has 0 bridgehead atoms. The number of nitrogens with one attached hydrogen (secondary N) is 1. The van der Waals surface area contributed by atoms with Gasteiger partial charge >= 0.3 is 6.09 Å². The molecular weight excluding hydrogens is 458 g/mol. The van der Waals surface area contributed by atoms with Crippen molar-refractivity contribution in [3.05, 3.63) is 53.1 Å². The lowest BCUT2D eigenvalue weighted by Gasteiger charge is -2.36. The van der Waals surface area contributed by atoms with Gasteiger partial charge in [-0.05, 0) is 32.4 Å². The number of carbonyl (C=O) groups is 2. The summed E-state index contributed by atoms with van der Waals surface area (Å²) in [6.45, 7) is 5.24. The first-order valence-electron chi connectivity index (χ1n) is 11.1. The first kappa shape index (κ1) is 25.6. The fourth-order valence-corrected chi connectivity index (χ4v) is 4.00. The van der Waals surface area contributed by atoms with Gasteiger partial charge in [0.25, 0.3) is 0 Å². The van der Waals surface area contributed by atoms with Crippen molar-refractivity contribution >= 4 is 35.0 Å². The lowest BCUT2D eigenvalue weighted by molar-refractivity contribution is -0.123. The average Bonchev–Trinajstić information content (AvgIpc) is 2.76. The number of aliphatic hydroxyl groups is 1. The second-order valence-corrected chi connectivity index (χ2v) is 9.82. The minimum absolute atomic E-state index is 0.0119. The van der Waals surface area contributed by atoms with Crippen molar-refractivity contribution in [3.8, 4) is 5.75 Å². The molecule has 3 rings (SSSR count). The van der Waals surface area contributed by atoms with E-state index in [1.165, 1.54) is 4.90 Å². The summed E-state index contributed by atoms with van der Waals surface area (Å²) in [6, 6.07) is 12.1. The minimum atomic E-state index is -0.695. The number of carbonyl (C=O) groups excluding carboxylic acids is 2. The highest BCUT2D eigenvalue weighted by molar-refractivity contribution is 6.33. The quantitative estimate of drug-likeness (QED) is 0.633. The highest BCUT2D eigenvalue weighted by atomic mass is 35.5. The van der Waals surface area contributed by atoms with Crippen LogP contribution in [-0.4, -0.2) is 56.1 Å². The maximum Gasteiger partial charge on any atom is 0.415 e. The van der Waals surface area contributed by atoms with Crippen LogP contribution in [0.4, 0.5) is 16.2 Å². The summed E-state index contributed by atoms with van der Waals surface area (Å²) in [5.41, 5.74) is 1.31. The number of fused-ring (bicyclic) bond motifs is 1. The third kappa shape index (κ3) is 6.33. The Morgan fingerprint density at radius 3 is 2.53 bits per heavy atom. The number of anilines is 2. The molecule has 0 saturated heterocycles. The molecule has 2 amide bonds. The number of amides is 2. The SMILES string of the molecule is CN(C)c1cc2c(cc1Cl)N(C(=O)OC(C)(C)C)CC(CC(=O)N[C@H](CO)c1ccccc1)O2. The molecule has 1 heterocycles. The Kier molecular flexibility index (Phi) is 7.94. The Balaban J connectivity index is 1.83. The van der Waals surface area contributed by atoms with Crippen molar-refractivity contribution in [1.82, 2.24) is 5.32 Å². The molecule has 9 heteroatoms. The van der Waals surface area contributed by atoms with Crippen LogP contribution in [-0.2, 0) is 9.53 Å². The molecule has 0 radical (unpaired) electrons. The van der Waals surface area contributed by atoms with E-state index in [1.54, 1.807) is 32.9 Å². The first-order valence-corrected chi connectivity index (χ1v) is 11.5. The van der Waals surface area contributed by atoms with E-state index in [-0.39, 0.29) is 25.5 Å². The van der Waals surface area contributed by atoms with Crippen LogP contribution in [0, 0.1) is 0 Å². The van der Waals surface area contributed by atoms with E-state index in [0.29, 0.717) is 16.5 Å². The Bertz CT molecular complexity index is 1020. The van der Waals surface area contributed by atoms with Crippen LogP contribution in [0.3, 0.4) is 0 Å². The maximum atomic E-state index is 13.0. The van der Waals surface area contributed by atoms with Gasteiger partial charge in [0.15, 0.2) is 0 Å². The van der Waals surface area contributed by atoms with E-state index in [4.69, 9.17) is 21.1 Å². The molecule has 0 saturated carbocycles. The average molecular weight is 490 g/mol. The number of nitrogens with zero attached hydrogens (tertiary/aromatic N) is 2. The Morgan fingerprint density at radius 2 is 1.94 bits per heavy atom. The molecule has 2 aromatic carbocycles. The van der Waals surface area contributed by atoms with Gasteiger partial charge < -0.3 is 24.8 Å². The summed E-state index contributed by atoms with van der Waals surface area (Å²) < 4.78 is 11.7. The molecule has 184 valence electrons. The number of rotatable bonds is 6. The van der Waals surface area contributed by atoms with Crippen LogP contribution in [0.5, 0.6) is 5.75 Å². The maximum absolute atomic E-state index is 13.0. The van der Waals surface area contributed by atoms with E-state index in [9.17, 15) is 14.7 Å². The van der Waals surface area contributed by atoms with Crippen LogP contribution in [0.15, 0.2) is 42.5 Å². The Labute approximate surface area is 205 Å². The summed E-state index contributed by atoms with van der Waals surface area (Å²) in [6.07, 6.45) is -1.18. The first-order chi connectivity index (χ1) is 16.0. The van der Waals surface area contributed by atoms with Gasteiger partial charge in [0.05, 0.1) is 42.0 Å². The number of hydrogen-bond acceptors (Lipinski definition) is 6. The molecular formula is C25H32ClN3O5. The monoisotopic (exact) mass is 489 g/mol. The molecule has 8 nitrogen and oxygen atoms in total. The van der Waals surface area contributed by atoms with Crippen molar-refractivity contribution in [2.24, 2.45) is 0 Å². The van der Waals surface area contributed by atoms with E-state index < -0.39 is 23.8 Å². The van der Waals surface area contributed by atoms with E-state index in [1.807, 2.05) is 49.3 Å². The second-order valence-electron chi connectivity index (χ2n) is 9.41. The predicted octanol–water partition coefficient (Wildman–Crippen LogP) is 4.15. The third-order valence-electron chi connectivity index (χ3n) is 5.23. The van der Waals surface area contributed by atoms with Crippen molar-refractivity contribution in [2.45, 2.75) is 44.9 Å². The highest BCUT2D eigenvalue weighted by Crippen LogP contribution is 2.41. The predicted molar refractivity (Wildman–Crippen MR) is 133 cm³/mol. The zero-order valence-electron chi connectivity index (χ0n) is 20.2. The zero-order chi connectivity index (χ0) is 25.0. The summed E-state index contributed by atoms with van der Waals surface area (Å²) >= 11 is 6.45. The lowest BCUT2D eigenvalue weighted by atomic mass is 10.1. The number of halogens is 1. The Hall–Kier alpha value is -2.97. The van der Waals surface area contributed by atoms with Crippen molar-refractivity contribution in [1.29, 1.82) is 0 Å². The van der Waals surface area contributed by atoms with Crippen molar-refractivity contribution in [2.75, 3.05) is 37.0 Å². The number of benzene rings is 2. The topological polar surface area (TPSA) is 91.3 Å². The molecule has 0 spiro atoms. The van der Waals surface area contributed by atoms with Gasteiger partial charge in [-0.3, -0.25) is 9.69 Å². The van der Waals surface area contributed by atoms with Crippen LogP contribution in [0.1, 0.15) is 38.8 Å². The molecule has 2 aromatic rings. The molecule has 1 aliphatic rings. The molecule has 1 unspecified atom stereocenters. The van der Waals surface area contributed by atoms with Crippen LogP contribution in [0.2, 0.25) is 5.02 Å². The van der Waals surface area contributed by atoms with Gasteiger partial charge in [-0.2, -0.15) is 0 Å². The summed E-state index contributed by atoms with van der Waals surface area (Å²) in [5, 5.41) is 13.1. The normalized spacial score (nSPS) is 16.2. The molecule has 1 aliphatic heterocycles. The molecule has 0 aromatic heterocycles. The zero-order valence-corrected chi connectivity index (χ0v) is 20.9. The van der Waals surface area contributed by atoms with Crippen molar-refractivity contribution in [3.63, 3.8) is 0 Å². The van der Waals surface area contributed by atoms with Gasteiger partial charge in [-0.15, -0.1) is 0 Å². The van der Waals surface area contributed by atoms with Gasteiger partial charge in [-0.25, -0.2) is 4.79 Å². The number of ether oxygens (including phenoxy) is 2. The van der Waals surface area contributed by atoms with E-state index in [0.717, 1.165) is 11.3 Å². The summed E-state index contributed by atoms with van der Waals surface area (Å²) in [5.74, 6) is 0.132. The van der Waals surface area contributed by atoms with Gasteiger partial charge in [0.1, 0.15) is 17.5 Å². The highest BCUT2D eigenvalue weighted by Gasteiger charge is 2.35. The lowest BCUT2D eigenvalue weighted by Crippen LogP contribution is -2.47. The molecule has 0 aliphatic carbocycles. The fraction of sp³-hybridized carbons (Fsp3) is 0.440. The smallest absolute Gasteiger partial charge is 0.415 e. The van der Waals surface area contributed by atoms with Gasteiger partial charge in [0, 0.05) is 20.2 Å². The standard InChI is InChI=1S/C25H32ClN3O5/c1-25(2,3)34-24(32)29-14-17(33-22-13-20(28(4)5)18(26)12-21(22)29)11-23(31)27-19(15-30)16-9-7-6-8-10-16/h6-10,12-13,17,19,30H,11,14-15H2,1-5H3,(H,27,31)/t17?,19-/m1/s1. The van der Waals surface area contributed by atoms with Crippen LogP contribution in [0.25, 0.3) is 0 Å². The largest absolute Gasteiger partial charge is 0.486 e. The van der Waals surface area contributed by atoms with Gasteiger partial charge in [0.2, 0.25) is 5.91 Å². The van der Waals surface area contributed by atoms with Crippen LogP contribution >= 0.6 is 11.6 Å². The number of hydrogen-bond donors (Lipinski definition) is 2. The third-order valence-corrected chi connectivity index (χ3v) is 5.53. The molecule has 34 heavy (non-hydrogen) atoms. The van der Waals surface area contributed by atoms with E-state index >= 15 is 0 Å². The Morgan fingerprint density at radius 1 is 1.26 bits per heavy atom. The summed E-state index contributed by atoms with van der Waals surface area (Å²) in [7, 11) is 3.71. The van der Waals surface area contributed by atoms with Crippen LogP contribution < -0.4 is 19.9 Å². The molecule has 2 atom stereocenters. The van der Waals surface area contributed by atoms with E-state index in [2.05, 4.69) is 5.32 Å². The van der Waals surface area contributed by atoms with Gasteiger partial charge in [-0.1, -0.05) is 41.9 Å². The van der Waals surface area contributed by atoms with Crippen molar-refractivity contribution < 1.29 is 24.2 Å². The second kappa shape index (κ2) is 10.5. The molecule has 2 N–H and O–H groups in total. The fourth-order valence-electron chi connectivity index (χ4n) is 3.67. The minimum Gasteiger partial charge on any atom is -0.486 e. The summed E-state index contributed by atoms with van der Waals surface area (Å²) in [4.78, 5) is 29.1. The molecule has 0 fully saturated rings.